The van der Waals surface area contributed by atoms with Gasteiger partial charge in [0.25, 0.3) is 0 Å². The molecule has 0 spiro atoms. The second-order valence-corrected chi connectivity index (χ2v) is 6.86. The molecule has 0 aliphatic carbocycles. The van der Waals surface area contributed by atoms with Crippen LogP contribution in [0.25, 0.3) is 0 Å². The van der Waals surface area contributed by atoms with Crippen LogP contribution in [0.15, 0.2) is 10.9 Å². The summed E-state index contributed by atoms with van der Waals surface area (Å²) in [6.07, 6.45) is 2.26. The van der Waals surface area contributed by atoms with Crippen LogP contribution in [0, 0.1) is 6.92 Å². The van der Waals surface area contributed by atoms with Crippen LogP contribution in [0.3, 0.4) is 0 Å². The highest BCUT2D eigenvalue weighted by molar-refractivity contribution is 5.30. The third-order valence-electron chi connectivity index (χ3n) is 4.74. The molecule has 0 unspecified atom stereocenters. The summed E-state index contributed by atoms with van der Waals surface area (Å²) >= 11 is 0. The molecule has 5 nitrogen and oxygen atoms in total. The van der Waals surface area contributed by atoms with E-state index in [2.05, 4.69) is 42.3 Å². The van der Waals surface area contributed by atoms with Gasteiger partial charge in [-0.05, 0) is 60.8 Å². The maximum absolute atomic E-state index is 11.9. The van der Waals surface area contributed by atoms with Crippen LogP contribution in [0.1, 0.15) is 44.1 Å². The Morgan fingerprint density at radius 1 is 1.36 bits per heavy atom. The molecular formula is C17H29N3O2. The Balaban J connectivity index is 2.26. The summed E-state index contributed by atoms with van der Waals surface area (Å²) in [5.74, 6) is -0.0981. The van der Waals surface area contributed by atoms with Crippen molar-refractivity contribution in [2.45, 2.75) is 52.2 Å². The summed E-state index contributed by atoms with van der Waals surface area (Å²) < 4.78 is 2.07. The highest BCUT2D eigenvalue weighted by atomic mass is 16.3. The van der Waals surface area contributed by atoms with Crippen LogP contribution in [0.5, 0.6) is 5.75 Å². The average molecular weight is 307 g/mol. The predicted molar refractivity (Wildman–Crippen MR) is 89.5 cm³/mol. The SMILES string of the molecule is Cc1cc(=O)c(O)c(CN(C)C2CCN(C)CC2)n1C(C)C. The molecule has 0 radical (unpaired) electrons. The molecule has 1 fully saturated rings. The Bertz CT molecular complexity index is 572. The zero-order valence-electron chi connectivity index (χ0n) is 14.5. The molecule has 5 heteroatoms. The Morgan fingerprint density at radius 3 is 2.50 bits per heavy atom. The molecule has 124 valence electrons. The van der Waals surface area contributed by atoms with Gasteiger partial charge >= 0.3 is 0 Å². The molecule has 2 heterocycles. The lowest BCUT2D eigenvalue weighted by atomic mass is 10.0. The van der Waals surface area contributed by atoms with Crippen molar-refractivity contribution in [3.63, 3.8) is 0 Å². The first-order chi connectivity index (χ1) is 10.3. The molecule has 1 aliphatic rings. The first kappa shape index (κ1) is 17.0. The fraction of sp³-hybridized carbons (Fsp3) is 0.706. The van der Waals surface area contributed by atoms with E-state index in [1.807, 2.05) is 6.92 Å². The molecule has 1 aromatic rings. The number of nitrogens with zero attached hydrogens (tertiary/aromatic N) is 3. The van der Waals surface area contributed by atoms with Crippen molar-refractivity contribution in [3.8, 4) is 5.75 Å². The van der Waals surface area contributed by atoms with Gasteiger partial charge in [-0.3, -0.25) is 9.69 Å². The maximum Gasteiger partial charge on any atom is 0.223 e. The molecule has 0 atom stereocenters. The van der Waals surface area contributed by atoms with Crippen LogP contribution >= 0.6 is 0 Å². The topological polar surface area (TPSA) is 48.7 Å². The Labute approximate surface area is 133 Å². The number of aromatic nitrogens is 1. The Kier molecular flexibility index (Phi) is 5.29. The van der Waals surface area contributed by atoms with Gasteiger partial charge in [0.1, 0.15) is 0 Å². The van der Waals surface area contributed by atoms with Crippen molar-refractivity contribution in [2.24, 2.45) is 0 Å². The number of rotatable bonds is 4. The number of aryl methyl sites for hydroxylation is 1. The van der Waals surface area contributed by atoms with E-state index >= 15 is 0 Å². The van der Waals surface area contributed by atoms with Gasteiger partial charge in [-0.2, -0.15) is 0 Å². The van der Waals surface area contributed by atoms with Crippen LogP contribution in [-0.4, -0.2) is 52.7 Å². The van der Waals surface area contributed by atoms with E-state index in [1.54, 1.807) is 0 Å². The molecular weight excluding hydrogens is 278 g/mol. The van der Waals surface area contributed by atoms with Gasteiger partial charge in [-0.25, -0.2) is 0 Å². The normalized spacial score (nSPS) is 17.6. The number of hydrogen-bond donors (Lipinski definition) is 1. The van der Waals surface area contributed by atoms with E-state index in [9.17, 15) is 9.90 Å². The standard InChI is InChI=1S/C17H29N3O2/c1-12(2)20-13(3)10-16(21)17(22)15(20)11-19(5)14-6-8-18(4)9-7-14/h10,12,14,22H,6-9,11H2,1-5H3. The molecule has 0 saturated carbocycles. The number of aromatic hydroxyl groups is 1. The summed E-state index contributed by atoms with van der Waals surface area (Å²) in [6, 6.07) is 2.24. The summed E-state index contributed by atoms with van der Waals surface area (Å²) in [5.41, 5.74) is 1.37. The Hall–Kier alpha value is -1.33. The Morgan fingerprint density at radius 2 is 1.95 bits per heavy atom. The predicted octanol–water partition coefficient (Wildman–Crippen LogP) is 1.97. The van der Waals surface area contributed by atoms with Gasteiger partial charge in [-0.1, -0.05) is 0 Å². The summed E-state index contributed by atoms with van der Waals surface area (Å²) in [4.78, 5) is 16.6. The molecule has 1 N–H and O–H groups in total. The van der Waals surface area contributed by atoms with Crippen molar-refractivity contribution in [1.29, 1.82) is 0 Å². The van der Waals surface area contributed by atoms with Gasteiger partial charge in [-0.15, -0.1) is 0 Å². The fourth-order valence-corrected chi connectivity index (χ4v) is 3.47. The molecule has 1 aliphatic heterocycles. The number of pyridine rings is 1. The van der Waals surface area contributed by atoms with Crippen LogP contribution in [-0.2, 0) is 6.54 Å². The van der Waals surface area contributed by atoms with Crippen molar-refractivity contribution >= 4 is 0 Å². The molecule has 0 aromatic carbocycles. The van der Waals surface area contributed by atoms with Crippen molar-refractivity contribution in [1.82, 2.24) is 14.4 Å². The minimum absolute atomic E-state index is 0.0981. The van der Waals surface area contributed by atoms with Crippen LogP contribution < -0.4 is 5.43 Å². The third-order valence-corrected chi connectivity index (χ3v) is 4.74. The molecule has 0 bridgehead atoms. The molecule has 1 saturated heterocycles. The first-order valence-corrected chi connectivity index (χ1v) is 8.14. The largest absolute Gasteiger partial charge is 0.503 e. The van der Waals surface area contributed by atoms with E-state index in [1.165, 1.54) is 6.07 Å². The second kappa shape index (κ2) is 6.84. The molecule has 0 amide bonds. The molecule has 1 aromatic heterocycles. The van der Waals surface area contributed by atoms with Crippen LogP contribution in [0.4, 0.5) is 0 Å². The monoisotopic (exact) mass is 307 g/mol. The van der Waals surface area contributed by atoms with E-state index in [0.717, 1.165) is 37.3 Å². The lowest BCUT2D eigenvalue weighted by Crippen LogP contribution is -2.42. The van der Waals surface area contributed by atoms with E-state index in [0.29, 0.717) is 12.6 Å². The minimum Gasteiger partial charge on any atom is -0.503 e. The number of piperidine rings is 1. The highest BCUT2D eigenvalue weighted by Crippen LogP contribution is 2.23. The zero-order chi connectivity index (χ0) is 16.4. The quantitative estimate of drug-likeness (QED) is 0.924. The number of likely N-dealkylation sites (tertiary alicyclic amines) is 1. The van der Waals surface area contributed by atoms with Crippen molar-refractivity contribution in [3.05, 3.63) is 27.7 Å². The average Bonchev–Trinajstić information content (AvgIpc) is 2.44. The maximum atomic E-state index is 11.9. The zero-order valence-corrected chi connectivity index (χ0v) is 14.5. The first-order valence-electron chi connectivity index (χ1n) is 8.14. The minimum atomic E-state index is -0.277. The summed E-state index contributed by atoms with van der Waals surface area (Å²) in [6.45, 7) is 8.90. The van der Waals surface area contributed by atoms with Gasteiger partial charge < -0.3 is 14.6 Å². The van der Waals surface area contributed by atoms with Gasteiger partial charge in [0.15, 0.2) is 5.75 Å². The van der Waals surface area contributed by atoms with Crippen molar-refractivity contribution in [2.75, 3.05) is 27.2 Å². The van der Waals surface area contributed by atoms with Gasteiger partial charge in [0.05, 0.1) is 5.69 Å². The third kappa shape index (κ3) is 3.52. The highest BCUT2D eigenvalue weighted by Gasteiger charge is 2.23. The fourth-order valence-electron chi connectivity index (χ4n) is 3.47. The van der Waals surface area contributed by atoms with Gasteiger partial charge in [0, 0.05) is 30.4 Å². The molecule has 22 heavy (non-hydrogen) atoms. The summed E-state index contributed by atoms with van der Waals surface area (Å²) in [7, 11) is 4.24. The second-order valence-electron chi connectivity index (χ2n) is 6.86. The van der Waals surface area contributed by atoms with E-state index in [4.69, 9.17) is 0 Å². The summed E-state index contributed by atoms with van der Waals surface area (Å²) in [5, 5.41) is 10.3. The lowest BCUT2D eigenvalue weighted by molar-refractivity contribution is 0.135. The van der Waals surface area contributed by atoms with Crippen LogP contribution in [0.2, 0.25) is 0 Å². The smallest absolute Gasteiger partial charge is 0.223 e. The number of hydrogen-bond acceptors (Lipinski definition) is 4. The van der Waals surface area contributed by atoms with Gasteiger partial charge in [0.2, 0.25) is 5.43 Å². The lowest BCUT2D eigenvalue weighted by Gasteiger charge is -2.36. The molecule has 2 rings (SSSR count). The van der Waals surface area contributed by atoms with E-state index in [-0.39, 0.29) is 17.2 Å². The van der Waals surface area contributed by atoms with Crippen molar-refractivity contribution < 1.29 is 5.11 Å². The van der Waals surface area contributed by atoms with E-state index < -0.39 is 0 Å².